The lowest BCUT2D eigenvalue weighted by Gasteiger charge is -2.21. The average molecular weight is 459 g/mol. The van der Waals surface area contributed by atoms with Crippen LogP contribution in [-0.4, -0.2) is 68.3 Å². The van der Waals surface area contributed by atoms with E-state index >= 15 is 0 Å². The van der Waals surface area contributed by atoms with Crippen molar-refractivity contribution in [3.63, 3.8) is 0 Å². The standard InChI is InChI=1S/C25H30N8O/c1-6-31(7-2)18-13-14-19(17(5)16-18)27-21-22(25(34)32(8-3)9-4)30-33-23(28-29-24(21)33)20-12-10-11-15-26-20/h10-16H,6-9H2,1-5H3. The number of aromatic nitrogens is 4. The molecule has 0 N–H and O–H groups in total. The molecule has 34 heavy (non-hydrogen) atoms. The summed E-state index contributed by atoms with van der Waals surface area (Å²) in [5, 5.41) is 13.3. The van der Waals surface area contributed by atoms with Gasteiger partial charge in [-0.15, -0.1) is 10.2 Å². The topological polar surface area (TPSA) is 91.9 Å². The summed E-state index contributed by atoms with van der Waals surface area (Å²) in [6.45, 7) is 13.2. The molecular weight excluding hydrogens is 428 g/mol. The van der Waals surface area contributed by atoms with E-state index in [2.05, 4.69) is 51.2 Å². The van der Waals surface area contributed by atoms with Crippen LogP contribution in [0.15, 0.2) is 52.7 Å². The summed E-state index contributed by atoms with van der Waals surface area (Å²) in [5.41, 5.74) is 4.23. The van der Waals surface area contributed by atoms with E-state index in [9.17, 15) is 4.79 Å². The van der Waals surface area contributed by atoms with E-state index in [1.54, 1.807) is 15.8 Å². The summed E-state index contributed by atoms with van der Waals surface area (Å²) in [4.78, 5) is 26.6. The number of anilines is 1. The van der Waals surface area contributed by atoms with Gasteiger partial charge in [-0.05, 0) is 70.5 Å². The van der Waals surface area contributed by atoms with E-state index in [-0.39, 0.29) is 11.6 Å². The minimum Gasteiger partial charge on any atom is -0.372 e. The van der Waals surface area contributed by atoms with Crippen LogP contribution in [0.5, 0.6) is 0 Å². The second-order valence-electron chi connectivity index (χ2n) is 7.90. The predicted molar refractivity (Wildman–Crippen MR) is 135 cm³/mol. The minimum absolute atomic E-state index is 0.182. The third-order valence-corrected chi connectivity index (χ3v) is 5.97. The van der Waals surface area contributed by atoms with E-state index in [1.165, 1.54) is 0 Å². The molecule has 1 aliphatic heterocycles. The first-order chi connectivity index (χ1) is 16.5. The molecule has 4 rings (SSSR count). The fourth-order valence-electron chi connectivity index (χ4n) is 4.01. The van der Waals surface area contributed by atoms with Crippen LogP contribution in [-0.2, 0) is 4.79 Å². The van der Waals surface area contributed by atoms with Gasteiger partial charge in [0.2, 0.25) is 11.6 Å². The van der Waals surface area contributed by atoms with Gasteiger partial charge >= 0.3 is 0 Å². The molecule has 9 heteroatoms. The van der Waals surface area contributed by atoms with Crippen LogP contribution >= 0.6 is 0 Å². The van der Waals surface area contributed by atoms with Crippen molar-refractivity contribution in [1.29, 1.82) is 0 Å². The van der Waals surface area contributed by atoms with Gasteiger partial charge in [-0.2, -0.15) is 9.78 Å². The van der Waals surface area contributed by atoms with Crippen LogP contribution in [0.25, 0.3) is 11.5 Å². The maximum Gasteiger partial charge on any atom is 0.276 e. The monoisotopic (exact) mass is 458 g/mol. The Morgan fingerprint density at radius 1 is 0.971 bits per heavy atom. The molecule has 0 fully saturated rings. The summed E-state index contributed by atoms with van der Waals surface area (Å²) < 4.78 is 1.57. The van der Waals surface area contributed by atoms with Gasteiger partial charge in [-0.25, -0.2) is 4.99 Å². The number of fused-ring (bicyclic) bond motifs is 1. The molecule has 0 radical (unpaired) electrons. The molecule has 1 aromatic carbocycles. The zero-order valence-electron chi connectivity index (χ0n) is 20.4. The molecule has 3 aromatic rings. The Kier molecular flexibility index (Phi) is 6.81. The van der Waals surface area contributed by atoms with Gasteiger partial charge in [0.1, 0.15) is 11.4 Å². The van der Waals surface area contributed by atoms with Crippen molar-refractivity contribution in [3.05, 3.63) is 54.0 Å². The van der Waals surface area contributed by atoms with Crippen molar-refractivity contribution in [1.82, 2.24) is 24.8 Å². The molecule has 3 heterocycles. The van der Waals surface area contributed by atoms with E-state index in [0.717, 1.165) is 30.0 Å². The van der Waals surface area contributed by atoms with Gasteiger partial charge in [0.05, 0.1) is 5.69 Å². The highest BCUT2D eigenvalue weighted by Gasteiger charge is 2.35. The first-order valence-electron chi connectivity index (χ1n) is 11.7. The van der Waals surface area contributed by atoms with Crippen LogP contribution in [0.4, 0.5) is 11.4 Å². The maximum absolute atomic E-state index is 13.4. The number of aliphatic imine (C=N–C) groups is 1. The highest BCUT2D eigenvalue weighted by molar-refractivity contribution is 6.70. The Morgan fingerprint density at radius 3 is 2.32 bits per heavy atom. The number of benzene rings is 1. The number of rotatable bonds is 8. The van der Waals surface area contributed by atoms with E-state index in [0.29, 0.717) is 36.1 Å². The van der Waals surface area contributed by atoms with Crippen molar-refractivity contribution in [2.45, 2.75) is 34.6 Å². The molecule has 0 bridgehead atoms. The number of amides is 1. The Labute approximate surface area is 199 Å². The van der Waals surface area contributed by atoms with E-state index in [4.69, 9.17) is 4.99 Å². The number of pyridine rings is 1. The first-order valence-corrected chi connectivity index (χ1v) is 11.7. The van der Waals surface area contributed by atoms with Crippen LogP contribution in [0.1, 0.15) is 39.1 Å². The molecule has 9 nitrogen and oxygen atoms in total. The van der Waals surface area contributed by atoms with E-state index in [1.807, 2.05) is 45.0 Å². The van der Waals surface area contributed by atoms with Crippen LogP contribution in [0.3, 0.4) is 0 Å². The third-order valence-electron chi connectivity index (χ3n) is 5.97. The third kappa shape index (κ3) is 4.21. The Hall–Kier alpha value is -3.88. The number of aryl methyl sites for hydroxylation is 1. The van der Waals surface area contributed by atoms with Gasteiger partial charge in [0.25, 0.3) is 5.91 Å². The highest BCUT2D eigenvalue weighted by atomic mass is 16.2. The van der Waals surface area contributed by atoms with E-state index < -0.39 is 0 Å². The van der Waals surface area contributed by atoms with Crippen molar-refractivity contribution in [3.8, 4) is 11.5 Å². The highest BCUT2D eigenvalue weighted by Crippen LogP contribution is 2.28. The number of nitrogens with zero attached hydrogens (tertiary/aromatic N) is 8. The molecule has 0 saturated heterocycles. The molecule has 2 aromatic heterocycles. The first kappa shape index (κ1) is 23.3. The summed E-state index contributed by atoms with van der Waals surface area (Å²) in [6.07, 6.45) is 1.69. The fraction of sp³-hybridized carbons (Fsp3) is 0.360. The zero-order valence-corrected chi connectivity index (χ0v) is 20.4. The summed E-state index contributed by atoms with van der Waals surface area (Å²) in [7, 11) is 0. The molecule has 0 atom stereocenters. The normalized spacial score (nSPS) is 13.7. The molecule has 0 unspecified atom stereocenters. The quantitative estimate of drug-likeness (QED) is 0.513. The van der Waals surface area contributed by atoms with Gasteiger partial charge in [-0.3, -0.25) is 9.78 Å². The van der Waals surface area contributed by atoms with Gasteiger partial charge in [0.15, 0.2) is 5.71 Å². The number of hydrogen-bond acceptors (Lipinski definition) is 7. The van der Waals surface area contributed by atoms with Crippen molar-refractivity contribution < 1.29 is 4.79 Å². The van der Waals surface area contributed by atoms with Gasteiger partial charge in [-0.1, -0.05) is 6.07 Å². The summed E-state index contributed by atoms with van der Waals surface area (Å²) in [5.74, 6) is 0.723. The second kappa shape index (κ2) is 9.94. The second-order valence-corrected chi connectivity index (χ2v) is 7.90. The number of carbonyl (C=O) groups excluding carboxylic acids is 1. The maximum atomic E-state index is 13.4. The summed E-state index contributed by atoms with van der Waals surface area (Å²) >= 11 is 0. The van der Waals surface area contributed by atoms with Gasteiger partial charge in [0, 0.05) is 38.1 Å². The molecule has 176 valence electrons. The molecule has 0 spiro atoms. The van der Waals surface area contributed by atoms with Crippen molar-refractivity contribution in [2.24, 2.45) is 10.1 Å². The molecular formula is C25H30N8O. The van der Waals surface area contributed by atoms with Crippen molar-refractivity contribution >= 4 is 28.7 Å². The predicted octanol–water partition coefficient (Wildman–Crippen LogP) is 3.70. The number of hydrogen-bond donors (Lipinski definition) is 0. The Morgan fingerprint density at radius 2 is 1.71 bits per heavy atom. The van der Waals surface area contributed by atoms with Gasteiger partial charge < -0.3 is 9.80 Å². The van der Waals surface area contributed by atoms with Crippen molar-refractivity contribution in [2.75, 3.05) is 31.1 Å². The molecule has 1 aliphatic rings. The molecule has 1 amide bonds. The fourth-order valence-corrected chi connectivity index (χ4v) is 4.01. The van der Waals surface area contributed by atoms with Crippen LogP contribution in [0, 0.1) is 6.92 Å². The lowest BCUT2D eigenvalue weighted by molar-refractivity contribution is -0.123. The number of carbonyl (C=O) groups is 1. The largest absolute Gasteiger partial charge is 0.372 e. The molecule has 0 aliphatic carbocycles. The average Bonchev–Trinajstić information content (AvgIpc) is 3.43. The summed E-state index contributed by atoms with van der Waals surface area (Å²) in [6, 6.07) is 11.7. The SMILES string of the molecule is CCN(CC)C(=O)C1=Nn2c(nnc2-c2ccccn2)C1=Nc1ccc(N(CC)CC)cc1C. The minimum atomic E-state index is -0.182. The lowest BCUT2D eigenvalue weighted by Crippen LogP contribution is -2.39. The Bertz CT molecular complexity index is 1240. The smallest absolute Gasteiger partial charge is 0.276 e. The Balaban J connectivity index is 1.82. The van der Waals surface area contributed by atoms with Crippen LogP contribution in [0.2, 0.25) is 0 Å². The zero-order chi connectivity index (χ0) is 24.2. The van der Waals surface area contributed by atoms with Crippen LogP contribution < -0.4 is 4.90 Å². The lowest BCUT2D eigenvalue weighted by atomic mass is 10.1. The molecule has 0 saturated carbocycles.